The van der Waals surface area contributed by atoms with E-state index in [4.69, 9.17) is 0 Å². The molecule has 2 heterocycles. The molecule has 1 fully saturated rings. The van der Waals surface area contributed by atoms with Gasteiger partial charge < -0.3 is 5.32 Å². The van der Waals surface area contributed by atoms with Crippen LogP contribution in [0.5, 0.6) is 0 Å². The molecule has 0 bridgehead atoms. The summed E-state index contributed by atoms with van der Waals surface area (Å²) < 4.78 is 39.8. The Hall–Kier alpha value is -3.33. The number of hydrogen-bond donors (Lipinski definition) is 2. The largest absolute Gasteiger partial charge is 0.326 e. The van der Waals surface area contributed by atoms with E-state index in [1.807, 2.05) is 0 Å². The lowest BCUT2D eigenvalue weighted by Gasteiger charge is -2.09. The first-order valence-electron chi connectivity index (χ1n) is 9.37. The van der Waals surface area contributed by atoms with Crippen LogP contribution in [-0.4, -0.2) is 29.5 Å². The Bertz CT molecular complexity index is 1180. The average Bonchev–Trinajstić information content (AvgIpc) is 3.54. The van der Waals surface area contributed by atoms with Gasteiger partial charge >= 0.3 is 0 Å². The van der Waals surface area contributed by atoms with E-state index in [9.17, 15) is 17.6 Å². The van der Waals surface area contributed by atoms with Gasteiger partial charge in [0.1, 0.15) is 11.6 Å². The Morgan fingerprint density at radius 3 is 2.53 bits per heavy atom. The molecule has 154 valence electrons. The highest BCUT2D eigenvalue weighted by Gasteiger charge is 2.35. The van der Waals surface area contributed by atoms with Gasteiger partial charge in [-0.1, -0.05) is 18.2 Å². The van der Waals surface area contributed by atoms with E-state index in [0.29, 0.717) is 29.8 Å². The Morgan fingerprint density at radius 1 is 1.07 bits per heavy atom. The van der Waals surface area contributed by atoms with E-state index in [1.165, 1.54) is 6.07 Å². The molecule has 1 aliphatic carbocycles. The predicted molar refractivity (Wildman–Crippen MR) is 112 cm³/mol. The van der Waals surface area contributed by atoms with Crippen LogP contribution in [0.25, 0.3) is 11.1 Å². The minimum atomic E-state index is -3.40. The van der Waals surface area contributed by atoms with Gasteiger partial charge in [-0.05, 0) is 48.7 Å². The molecule has 1 aromatic carbocycles. The lowest BCUT2D eigenvalue weighted by molar-refractivity contribution is -0.115. The van der Waals surface area contributed by atoms with Crippen molar-refractivity contribution in [1.29, 1.82) is 0 Å². The number of aromatic nitrogens is 2. The summed E-state index contributed by atoms with van der Waals surface area (Å²) in [5.74, 6) is -0.496. The summed E-state index contributed by atoms with van der Waals surface area (Å²) in [6, 6.07) is 13.2. The van der Waals surface area contributed by atoms with Crippen LogP contribution >= 0.6 is 0 Å². The number of benzene rings is 1. The molecule has 3 aromatic rings. The van der Waals surface area contributed by atoms with E-state index < -0.39 is 15.8 Å². The number of nitrogens with one attached hydrogen (secondary N) is 2. The summed E-state index contributed by atoms with van der Waals surface area (Å²) in [7, 11) is -3.40. The lowest BCUT2D eigenvalue weighted by atomic mass is 10.1. The molecule has 4 rings (SSSR count). The van der Waals surface area contributed by atoms with Crippen LogP contribution in [0.2, 0.25) is 0 Å². The number of carbonyl (C=O) groups is 1. The zero-order valence-corrected chi connectivity index (χ0v) is 16.7. The molecule has 0 spiro atoms. The van der Waals surface area contributed by atoms with Gasteiger partial charge in [-0.15, -0.1) is 0 Å². The number of anilines is 2. The van der Waals surface area contributed by atoms with Gasteiger partial charge in [0.2, 0.25) is 15.9 Å². The Morgan fingerprint density at radius 2 is 1.83 bits per heavy atom. The third-order valence-electron chi connectivity index (χ3n) is 4.57. The minimum absolute atomic E-state index is 0.00539. The van der Waals surface area contributed by atoms with Crippen molar-refractivity contribution >= 4 is 27.4 Å². The fourth-order valence-corrected chi connectivity index (χ4v) is 4.26. The van der Waals surface area contributed by atoms with E-state index in [2.05, 4.69) is 20.0 Å². The van der Waals surface area contributed by atoms with E-state index in [1.54, 1.807) is 48.7 Å². The Labute approximate surface area is 173 Å². The predicted octanol–water partition coefficient (Wildman–Crippen LogP) is 3.37. The van der Waals surface area contributed by atoms with E-state index in [0.717, 1.165) is 11.8 Å². The first-order chi connectivity index (χ1) is 14.4. The number of pyridine rings is 2. The molecule has 1 aliphatic rings. The van der Waals surface area contributed by atoms with Crippen LogP contribution in [0.1, 0.15) is 18.5 Å². The number of hydrogen-bond acceptors (Lipinski definition) is 5. The third-order valence-corrected chi connectivity index (χ3v) is 6.41. The highest BCUT2D eigenvalue weighted by atomic mass is 32.2. The number of sulfonamides is 1. The number of nitrogens with zero attached hydrogens (tertiary/aromatic N) is 2. The number of carbonyl (C=O) groups excluding carboxylic acids is 1. The van der Waals surface area contributed by atoms with Gasteiger partial charge in [0.25, 0.3) is 0 Å². The molecule has 9 heteroatoms. The monoisotopic (exact) mass is 426 g/mol. The molecule has 2 N–H and O–H groups in total. The summed E-state index contributed by atoms with van der Waals surface area (Å²) in [4.78, 5) is 20.4. The first kappa shape index (κ1) is 20.0. The normalized spacial score (nSPS) is 13.6. The van der Waals surface area contributed by atoms with Gasteiger partial charge in [-0.25, -0.2) is 17.8 Å². The van der Waals surface area contributed by atoms with Gasteiger partial charge in [-0.2, -0.15) is 0 Å². The topological polar surface area (TPSA) is 101 Å². The van der Waals surface area contributed by atoms with E-state index in [-0.39, 0.29) is 23.4 Å². The highest BCUT2D eigenvalue weighted by molar-refractivity contribution is 7.93. The van der Waals surface area contributed by atoms with Gasteiger partial charge in [0, 0.05) is 17.4 Å². The second kappa shape index (κ2) is 8.19. The highest BCUT2D eigenvalue weighted by Crippen LogP contribution is 2.29. The van der Waals surface area contributed by atoms with Crippen LogP contribution in [-0.2, 0) is 21.2 Å². The van der Waals surface area contributed by atoms with Crippen molar-refractivity contribution in [3.63, 3.8) is 0 Å². The van der Waals surface area contributed by atoms with Crippen molar-refractivity contribution < 1.29 is 17.6 Å². The molecule has 2 aromatic heterocycles. The first-order valence-corrected chi connectivity index (χ1v) is 10.9. The van der Waals surface area contributed by atoms with E-state index >= 15 is 0 Å². The fourth-order valence-electron chi connectivity index (χ4n) is 2.93. The molecule has 0 radical (unpaired) electrons. The van der Waals surface area contributed by atoms with Crippen molar-refractivity contribution in [2.24, 2.45) is 0 Å². The molecule has 1 saturated carbocycles. The third kappa shape index (κ3) is 4.98. The summed E-state index contributed by atoms with van der Waals surface area (Å²) >= 11 is 0. The van der Waals surface area contributed by atoms with Crippen LogP contribution in [0.15, 0.2) is 60.9 Å². The van der Waals surface area contributed by atoms with Crippen LogP contribution in [0.3, 0.4) is 0 Å². The Balaban J connectivity index is 1.38. The second-order valence-electron chi connectivity index (χ2n) is 7.05. The second-order valence-corrected chi connectivity index (χ2v) is 9.02. The standard InChI is InChI=1S/C21H19FN4O3S/c22-16-10-15(12-23-13-16)14-4-6-17(7-5-14)25-21(27)11-18-2-1-3-20(24-18)26-30(28,29)19-8-9-19/h1-7,10,12-13,19H,8-9,11H2,(H,24,26)(H,25,27). The van der Waals surface area contributed by atoms with Crippen LogP contribution in [0.4, 0.5) is 15.9 Å². The van der Waals surface area contributed by atoms with Crippen molar-refractivity contribution in [2.75, 3.05) is 10.0 Å². The number of halogens is 1. The molecule has 0 saturated heterocycles. The van der Waals surface area contributed by atoms with Crippen molar-refractivity contribution in [3.8, 4) is 11.1 Å². The average molecular weight is 426 g/mol. The molecule has 0 aliphatic heterocycles. The smallest absolute Gasteiger partial charge is 0.236 e. The molecule has 0 unspecified atom stereocenters. The fraction of sp³-hybridized carbons (Fsp3) is 0.190. The van der Waals surface area contributed by atoms with Gasteiger partial charge in [-0.3, -0.25) is 14.5 Å². The van der Waals surface area contributed by atoms with Gasteiger partial charge in [0.15, 0.2) is 0 Å². The molecule has 0 atom stereocenters. The lowest BCUT2D eigenvalue weighted by Crippen LogP contribution is -2.19. The Kier molecular flexibility index (Phi) is 5.45. The minimum Gasteiger partial charge on any atom is -0.326 e. The van der Waals surface area contributed by atoms with Crippen molar-refractivity contribution in [2.45, 2.75) is 24.5 Å². The molecular weight excluding hydrogens is 407 g/mol. The molecule has 1 amide bonds. The zero-order valence-electron chi connectivity index (χ0n) is 15.9. The van der Waals surface area contributed by atoms with Crippen molar-refractivity contribution in [1.82, 2.24) is 9.97 Å². The summed E-state index contributed by atoms with van der Waals surface area (Å²) in [6.07, 6.45) is 4.01. The quantitative estimate of drug-likeness (QED) is 0.603. The molecule has 7 nitrogen and oxygen atoms in total. The SMILES string of the molecule is O=C(Cc1cccc(NS(=O)(=O)C2CC2)n1)Nc1ccc(-c2cncc(F)c2)cc1. The number of rotatable bonds is 7. The summed E-state index contributed by atoms with van der Waals surface area (Å²) in [5, 5.41) is 2.42. The zero-order chi connectivity index (χ0) is 21.1. The van der Waals surface area contributed by atoms with Crippen LogP contribution in [0, 0.1) is 5.82 Å². The summed E-state index contributed by atoms with van der Waals surface area (Å²) in [6.45, 7) is 0. The van der Waals surface area contributed by atoms with Crippen LogP contribution < -0.4 is 10.0 Å². The maximum absolute atomic E-state index is 13.3. The van der Waals surface area contributed by atoms with Crippen molar-refractivity contribution in [3.05, 3.63) is 72.4 Å². The maximum Gasteiger partial charge on any atom is 0.236 e. The van der Waals surface area contributed by atoms with Gasteiger partial charge in [0.05, 0.1) is 23.6 Å². The molecule has 30 heavy (non-hydrogen) atoms. The number of amides is 1. The maximum atomic E-state index is 13.3. The summed E-state index contributed by atoms with van der Waals surface area (Å²) in [5.41, 5.74) is 2.45. The molecular formula is C21H19FN4O3S.